The molecule has 3 N–H and O–H groups in total. The Morgan fingerprint density at radius 3 is 2.89 bits per heavy atom. The number of nitrogens with zero attached hydrogens (tertiary/aromatic N) is 1. The van der Waals surface area contributed by atoms with Gasteiger partial charge in [0.1, 0.15) is 5.82 Å². The Labute approximate surface area is 126 Å². The number of carbonyl (C=O) groups is 1. The number of nitrogens with one attached hydrogen (secondary N) is 1. The number of rotatable bonds is 1. The van der Waals surface area contributed by atoms with Crippen molar-refractivity contribution in [2.45, 2.75) is 18.9 Å². The SMILES string of the molecule is Cl.NC1CCCN(C(=O)Nc2ccc(Br)cc2F)C1. The van der Waals surface area contributed by atoms with Gasteiger partial charge in [-0.25, -0.2) is 9.18 Å². The summed E-state index contributed by atoms with van der Waals surface area (Å²) in [6, 6.07) is 4.24. The Balaban J connectivity index is 0.00000180. The fraction of sp³-hybridized carbons (Fsp3) is 0.417. The number of likely N-dealkylation sites (tertiary alicyclic amines) is 1. The van der Waals surface area contributed by atoms with E-state index in [2.05, 4.69) is 21.2 Å². The van der Waals surface area contributed by atoms with Gasteiger partial charge in [0, 0.05) is 23.6 Å². The lowest BCUT2D eigenvalue weighted by molar-refractivity contribution is 0.193. The van der Waals surface area contributed by atoms with Crippen LogP contribution < -0.4 is 11.1 Å². The highest BCUT2D eigenvalue weighted by molar-refractivity contribution is 9.10. The van der Waals surface area contributed by atoms with Crippen molar-refractivity contribution in [3.05, 3.63) is 28.5 Å². The molecule has 7 heteroatoms. The average Bonchev–Trinajstić information content (AvgIpc) is 2.32. The molecule has 2 amide bonds. The first-order valence-electron chi connectivity index (χ1n) is 5.83. The minimum atomic E-state index is -0.459. The number of amides is 2. The van der Waals surface area contributed by atoms with Crippen LogP contribution in [0.25, 0.3) is 0 Å². The van der Waals surface area contributed by atoms with Crippen molar-refractivity contribution in [2.24, 2.45) is 5.73 Å². The van der Waals surface area contributed by atoms with Crippen LogP contribution in [0.15, 0.2) is 22.7 Å². The number of halogens is 3. The number of benzene rings is 1. The lowest BCUT2D eigenvalue weighted by Gasteiger charge is -2.30. The Hall–Kier alpha value is -0.850. The highest BCUT2D eigenvalue weighted by atomic mass is 79.9. The van der Waals surface area contributed by atoms with Gasteiger partial charge in [0.15, 0.2) is 0 Å². The number of urea groups is 1. The molecule has 1 heterocycles. The van der Waals surface area contributed by atoms with Gasteiger partial charge in [0.2, 0.25) is 0 Å². The van der Waals surface area contributed by atoms with Crippen LogP contribution in [-0.4, -0.2) is 30.1 Å². The molecular weight excluding hydrogens is 337 g/mol. The van der Waals surface area contributed by atoms with E-state index in [1.807, 2.05) is 0 Å². The van der Waals surface area contributed by atoms with E-state index in [1.165, 1.54) is 12.1 Å². The summed E-state index contributed by atoms with van der Waals surface area (Å²) in [5, 5.41) is 2.56. The number of nitrogens with two attached hydrogens (primary N) is 1. The minimum Gasteiger partial charge on any atom is -0.326 e. The van der Waals surface area contributed by atoms with E-state index < -0.39 is 5.82 Å². The lowest BCUT2D eigenvalue weighted by Crippen LogP contribution is -2.47. The molecule has 2 rings (SSSR count). The van der Waals surface area contributed by atoms with E-state index in [0.717, 1.165) is 12.8 Å². The zero-order valence-electron chi connectivity index (χ0n) is 10.2. The largest absolute Gasteiger partial charge is 0.326 e. The molecule has 1 atom stereocenters. The summed E-state index contributed by atoms with van der Waals surface area (Å²) in [7, 11) is 0. The zero-order chi connectivity index (χ0) is 13.1. The third-order valence-electron chi connectivity index (χ3n) is 2.92. The van der Waals surface area contributed by atoms with Crippen molar-refractivity contribution in [3.63, 3.8) is 0 Å². The summed E-state index contributed by atoms with van der Waals surface area (Å²) in [6.07, 6.45) is 1.81. The molecule has 1 aromatic rings. The monoisotopic (exact) mass is 351 g/mol. The van der Waals surface area contributed by atoms with E-state index >= 15 is 0 Å². The fourth-order valence-corrected chi connectivity index (χ4v) is 2.31. The van der Waals surface area contributed by atoms with Gasteiger partial charge in [-0.15, -0.1) is 12.4 Å². The molecule has 0 aromatic heterocycles. The second kappa shape index (κ2) is 7.07. The van der Waals surface area contributed by atoms with Gasteiger partial charge < -0.3 is 16.0 Å². The smallest absolute Gasteiger partial charge is 0.321 e. The topological polar surface area (TPSA) is 58.4 Å². The molecule has 4 nitrogen and oxygen atoms in total. The number of hydrogen-bond donors (Lipinski definition) is 2. The highest BCUT2D eigenvalue weighted by Crippen LogP contribution is 2.20. The first-order chi connectivity index (χ1) is 8.56. The zero-order valence-corrected chi connectivity index (χ0v) is 12.6. The highest BCUT2D eigenvalue weighted by Gasteiger charge is 2.21. The quantitative estimate of drug-likeness (QED) is 0.816. The Kier molecular flexibility index (Phi) is 6.03. The molecule has 0 radical (unpaired) electrons. The van der Waals surface area contributed by atoms with Crippen molar-refractivity contribution in [1.82, 2.24) is 4.90 Å². The third-order valence-corrected chi connectivity index (χ3v) is 3.41. The standard InChI is InChI=1S/C12H15BrFN3O.ClH/c13-8-3-4-11(10(14)6-8)16-12(18)17-5-1-2-9(15)7-17;/h3-4,6,9H,1-2,5,7,15H2,(H,16,18);1H. The van der Waals surface area contributed by atoms with Crippen LogP contribution in [0.5, 0.6) is 0 Å². The van der Waals surface area contributed by atoms with Crippen LogP contribution in [-0.2, 0) is 0 Å². The second-order valence-corrected chi connectivity index (χ2v) is 5.32. The molecule has 1 saturated heterocycles. The number of carbonyl (C=O) groups excluding carboxylic acids is 1. The lowest BCUT2D eigenvalue weighted by atomic mass is 10.1. The molecule has 0 aliphatic carbocycles. The first-order valence-corrected chi connectivity index (χ1v) is 6.62. The third kappa shape index (κ3) is 4.33. The summed E-state index contributed by atoms with van der Waals surface area (Å²) in [4.78, 5) is 13.6. The van der Waals surface area contributed by atoms with Gasteiger partial charge in [-0.05, 0) is 31.0 Å². The predicted molar refractivity (Wildman–Crippen MR) is 79.1 cm³/mol. The van der Waals surface area contributed by atoms with Crippen molar-refractivity contribution in [2.75, 3.05) is 18.4 Å². The molecule has 106 valence electrons. The van der Waals surface area contributed by atoms with Crippen LogP contribution in [0.2, 0.25) is 0 Å². The molecule has 0 bridgehead atoms. The van der Waals surface area contributed by atoms with Crippen LogP contribution in [0.1, 0.15) is 12.8 Å². The van der Waals surface area contributed by atoms with Gasteiger partial charge >= 0.3 is 6.03 Å². The number of anilines is 1. The molecule has 1 fully saturated rings. The molecule has 1 aliphatic rings. The Bertz CT molecular complexity index is 461. The maximum Gasteiger partial charge on any atom is 0.321 e. The van der Waals surface area contributed by atoms with Gasteiger partial charge in [-0.2, -0.15) is 0 Å². The van der Waals surface area contributed by atoms with Crippen molar-refractivity contribution in [3.8, 4) is 0 Å². The van der Waals surface area contributed by atoms with Crippen molar-refractivity contribution < 1.29 is 9.18 Å². The van der Waals surface area contributed by atoms with Crippen molar-refractivity contribution in [1.29, 1.82) is 0 Å². The molecule has 0 spiro atoms. The number of hydrogen-bond acceptors (Lipinski definition) is 2. The Morgan fingerprint density at radius 1 is 1.53 bits per heavy atom. The van der Waals surface area contributed by atoms with Gasteiger partial charge in [0.05, 0.1) is 5.69 Å². The molecular formula is C12H16BrClFN3O. The van der Waals surface area contributed by atoms with Gasteiger partial charge in [-0.1, -0.05) is 15.9 Å². The summed E-state index contributed by atoms with van der Waals surface area (Å²) >= 11 is 3.17. The summed E-state index contributed by atoms with van der Waals surface area (Å²) in [6.45, 7) is 1.18. The average molecular weight is 353 g/mol. The van der Waals surface area contributed by atoms with E-state index in [4.69, 9.17) is 5.73 Å². The minimum absolute atomic E-state index is 0. The normalized spacial score (nSPS) is 18.7. The van der Waals surface area contributed by atoms with Crippen LogP contribution in [0.4, 0.5) is 14.9 Å². The first kappa shape index (κ1) is 16.2. The second-order valence-electron chi connectivity index (χ2n) is 4.40. The van der Waals surface area contributed by atoms with Crippen molar-refractivity contribution >= 4 is 40.1 Å². The maximum atomic E-state index is 13.6. The summed E-state index contributed by atoms with van der Waals surface area (Å²) in [5.74, 6) is -0.459. The van der Waals surface area contributed by atoms with E-state index in [9.17, 15) is 9.18 Å². The molecule has 0 saturated carbocycles. The van der Waals surface area contributed by atoms with E-state index in [-0.39, 0.29) is 30.2 Å². The van der Waals surface area contributed by atoms with E-state index in [1.54, 1.807) is 11.0 Å². The van der Waals surface area contributed by atoms with Crippen LogP contribution in [0, 0.1) is 5.82 Å². The van der Waals surface area contributed by atoms with Gasteiger partial charge in [0.25, 0.3) is 0 Å². The van der Waals surface area contributed by atoms with Crippen LogP contribution >= 0.6 is 28.3 Å². The molecule has 1 aromatic carbocycles. The molecule has 1 unspecified atom stereocenters. The van der Waals surface area contributed by atoms with E-state index in [0.29, 0.717) is 17.6 Å². The van der Waals surface area contributed by atoms with Crippen LogP contribution in [0.3, 0.4) is 0 Å². The Morgan fingerprint density at radius 2 is 2.26 bits per heavy atom. The molecule has 1 aliphatic heterocycles. The van der Waals surface area contributed by atoms with Gasteiger partial charge in [-0.3, -0.25) is 0 Å². The fourth-order valence-electron chi connectivity index (χ4n) is 1.98. The maximum absolute atomic E-state index is 13.6. The number of piperidine rings is 1. The summed E-state index contributed by atoms with van der Waals surface area (Å²) < 4.78 is 14.2. The summed E-state index contributed by atoms with van der Waals surface area (Å²) in [5.41, 5.74) is 5.99. The predicted octanol–water partition coefficient (Wildman–Crippen LogP) is 2.97. The molecule has 19 heavy (non-hydrogen) atoms.